The van der Waals surface area contributed by atoms with E-state index in [0.29, 0.717) is 6.54 Å². The molecule has 25 heavy (non-hydrogen) atoms. The van der Waals surface area contributed by atoms with Gasteiger partial charge in [0, 0.05) is 18.5 Å². The number of amides is 1. The van der Waals surface area contributed by atoms with E-state index in [1.165, 1.54) is 24.1 Å². The van der Waals surface area contributed by atoms with Gasteiger partial charge < -0.3 is 4.90 Å². The van der Waals surface area contributed by atoms with E-state index in [2.05, 4.69) is 0 Å². The number of hydrogen-bond acceptors (Lipinski definition) is 4. The molecule has 0 unspecified atom stereocenters. The fourth-order valence-corrected chi connectivity index (χ4v) is 5.09. The van der Waals surface area contributed by atoms with Gasteiger partial charge in [0.15, 0.2) is 0 Å². The van der Waals surface area contributed by atoms with Gasteiger partial charge in [0.05, 0.1) is 17.5 Å². The monoisotopic (exact) mass is 382 g/mol. The van der Waals surface area contributed by atoms with Gasteiger partial charge in [-0.1, -0.05) is 0 Å². The van der Waals surface area contributed by atoms with Gasteiger partial charge in [0.25, 0.3) is 0 Å². The normalized spacial score (nSPS) is 17.6. The van der Waals surface area contributed by atoms with Crippen molar-refractivity contribution in [2.45, 2.75) is 24.3 Å². The molecule has 1 aliphatic heterocycles. The number of benzene rings is 1. The van der Waals surface area contributed by atoms with Gasteiger partial charge in [-0.15, -0.1) is 11.3 Å². The minimum atomic E-state index is -3.84. The standard InChI is InChI=1S/C17H19FN2O3S2/c1-12-15-8-10-24-16(15)7-9-20(12)17(21)11-19(2)25(22,23)14-5-3-13(18)4-6-14/h3-6,8,10,12H,7,9,11H2,1-2H3/t12-/m0/s1. The van der Waals surface area contributed by atoms with Crippen LogP contribution in [0.3, 0.4) is 0 Å². The summed E-state index contributed by atoms with van der Waals surface area (Å²) in [7, 11) is -2.47. The first-order valence-corrected chi connectivity index (χ1v) is 10.2. The molecule has 0 saturated carbocycles. The van der Waals surface area contributed by atoms with Crippen molar-refractivity contribution in [2.24, 2.45) is 0 Å². The van der Waals surface area contributed by atoms with Crippen LogP contribution in [-0.4, -0.2) is 43.7 Å². The van der Waals surface area contributed by atoms with Crippen LogP contribution in [-0.2, 0) is 21.2 Å². The predicted octanol–water partition coefficient (Wildman–Crippen LogP) is 2.65. The fraction of sp³-hybridized carbons (Fsp3) is 0.353. The molecule has 0 spiro atoms. The van der Waals surface area contributed by atoms with Crippen LogP contribution in [0.15, 0.2) is 40.6 Å². The second-order valence-corrected chi connectivity index (χ2v) is 9.07. The van der Waals surface area contributed by atoms with Crippen molar-refractivity contribution in [1.29, 1.82) is 0 Å². The Morgan fingerprint density at radius 2 is 2.00 bits per heavy atom. The highest BCUT2D eigenvalue weighted by molar-refractivity contribution is 7.89. The van der Waals surface area contributed by atoms with E-state index in [0.717, 1.165) is 28.4 Å². The lowest BCUT2D eigenvalue weighted by molar-refractivity contribution is -0.133. The van der Waals surface area contributed by atoms with Gasteiger partial charge >= 0.3 is 0 Å². The second kappa shape index (κ2) is 6.86. The summed E-state index contributed by atoms with van der Waals surface area (Å²) in [4.78, 5) is 15.6. The van der Waals surface area contributed by atoms with Gasteiger partial charge in [-0.25, -0.2) is 12.8 Å². The van der Waals surface area contributed by atoms with Gasteiger partial charge in [-0.05, 0) is 54.6 Å². The van der Waals surface area contributed by atoms with Gasteiger partial charge in [0.2, 0.25) is 15.9 Å². The van der Waals surface area contributed by atoms with E-state index in [-0.39, 0.29) is 23.4 Å². The summed E-state index contributed by atoms with van der Waals surface area (Å²) in [6.45, 7) is 2.29. The Labute approximate surface area is 150 Å². The summed E-state index contributed by atoms with van der Waals surface area (Å²) in [6.07, 6.45) is 0.789. The number of carbonyl (C=O) groups is 1. The van der Waals surface area contributed by atoms with Crippen molar-refractivity contribution < 1.29 is 17.6 Å². The molecule has 1 amide bonds. The topological polar surface area (TPSA) is 57.7 Å². The van der Waals surface area contributed by atoms with Crippen LogP contribution in [0.1, 0.15) is 23.4 Å². The zero-order chi connectivity index (χ0) is 18.2. The van der Waals surface area contributed by atoms with Gasteiger partial charge in [-0.2, -0.15) is 4.31 Å². The van der Waals surface area contributed by atoms with E-state index in [4.69, 9.17) is 0 Å². The Morgan fingerprint density at radius 1 is 1.32 bits per heavy atom. The molecule has 0 radical (unpaired) electrons. The number of halogens is 1. The Balaban J connectivity index is 1.73. The third kappa shape index (κ3) is 3.47. The summed E-state index contributed by atoms with van der Waals surface area (Å²) >= 11 is 1.68. The van der Waals surface area contributed by atoms with Crippen LogP contribution in [0.25, 0.3) is 0 Å². The quantitative estimate of drug-likeness (QED) is 0.817. The Morgan fingerprint density at radius 3 is 2.68 bits per heavy atom. The van der Waals surface area contributed by atoms with Crippen LogP contribution in [0.5, 0.6) is 0 Å². The molecule has 2 heterocycles. The van der Waals surface area contributed by atoms with Crippen molar-refractivity contribution in [3.05, 3.63) is 52.0 Å². The number of thiophene rings is 1. The molecule has 1 atom stereocenters. The zero-order valence-electron chi connectivity index (χ0n) is 14.0. The number of fused-ring (bicyclic) bond motifs is 1. The lowest BCUT2D eigenvalue weighted by Gasteiger charge is -2.34. The first-order chi connectivity index (χ1) is 11.8. The van der Waals surface area contributed by atoms with E-state index in [1.54, 1.807) is 16.2 Å². The first-order valence-electron chi connectivity index (χ1n) is 7.88. The predicted molar refractivity (Wildman–Crippen MR) is 94.4 cm³/mol. The smallest absolute Gasteiger partial charge is 0.243 e. The summed E-state index contributed by atoms with van der Waals surface area (Å²) in [5.41, 5.74) is 1.13. The maximum absolute atomic E-state index is 13.0. The molecule has 1 aromatic heterocycles. The van der Waals surface area contributed by atoms with E-state index < -0.39 is 15.8 Å². The molecule has 0 N–H and O–H groups in total. The average Bonchev–Trinajstić information content (AvgIpc) is 3.05. The summed E-state index contributed by atoms with van der Waals surface area (Å²) in [5.74, 6) is -0.746. The van der Waals surface area contributed by atoms with Crippen molar-refractivity contribution in [1.82, 2.24) is 9.21 Å². The molecule has 8 heteroatoms. The number of nitrogens with zero attached hydrogens (tertiary/aromatic N) is 2. The molecule has 1 aliphatic rings. The van der Waals surface area contributed by atoms with E-state index >= 15 is 0 Å². The summed E-state index contributed by atoms with van der Waals surface area (Å²) in [6, 6.07) is 6.54. The Bertz CT molecular complexity index is 878. The Hall–Kier alpha value is -1.77. The summed E-state index contributed by atoms with van der Waals surface area (Å²) < 4.78 is 39.1. The molecule has 0 fully saturated rings. The zero-order valence-corrected chi connectivity index (χ0v) is 15.6. The van der Waals surface area contributed by atoms with Crippen molar-refractivity contribution in [2.75, 3.05) is 20.1 Å². The highest BCUT2D eigenvalue weighted by atomic mass is 32.2. The maximum atomic E-state index is 13.0. The van der Waals surface area contributed by atoms with Crippen LogP contribution in [0.4, 0.5) is 4.39 Å². The largest absolute Gasteiger partial charge is 0.334 e. The molecule has 0 saturated heterocycles. The number of sulfonamides is 1. The second-order valence-electron chi connectivity index (χ2n) is 6.03. The van der Waals surface area contributed by atoms with Crippen LogP contribution >= 0.6 is 11.3 Å². The van der Waals surface area contributed by atoms with Crippen LogP contribution in [0, 0.1) is 5.82 Å². The maximum Gasteiger partial charge on any atom is 0.243 e. The highest BCUT2D eigenvalue weighted by Gasteiger charge is 2.31. The highest BCUT2D eigenvalue weighted by Crippen LogP contribution is 2.32. The van der Waals surface area contributed by atoms with E-state index in [1.807, 2.05) is 18.4 Å². The van der Waals surface area contributed by atoms with Gasteiger partial charge in [0.1, 0.15) is 5.82 Å². The Kier molecular flexibility index (Phi) is 4.95. The fourth-order valence-electron chi connectivity index (χ4n) is 3.00. The van der Waals surface area contributed by atoms with Gasteiger partial charge in [-0.3, -0.25) is 4.79 Å². The lowest BCUT2D eigenvalue weighted by Crippen LogP contribution is -2.44. The number of carbonyl (C=O) groups excluding carboxylic acids is 1. The molecular formula is C17H19FN2O3S2. The van der Waals surface area contributed by atoms with Crippen molar-refractivity contribution in [3.63, 3.8) is 0 Å². The first kappa shape index (κ1) is 18.0. The molecular weight excluding hydrogens is 363 g/mol. The summed E-state index contributed by atoms with van der Waals surface area (Å²) in [5, 5.41) is 2.01. The number of rotatable bonds is 4. The number of likely N-dealkylation sites (N-methyl/N-ethyl adjacent to an activating group) is 1. The molecule has 2 aromatic rings. The molecule has 0 bridgehead atoms. The number of hydrogen-bond donors (Lipinski definition) is 0. The molecule has 1 aromatic carbocycles. The van der Waals surface area contributed by atoms with Crippen LogP contribution < -0.4 is 0 Å². The minimum absolute atomic E-state index is 0.0315. The average molecular weight is 382 g/mol. The third-order valence-electron chi connectivity index (χ3n) is 4.48. The molecule has 0 aliphatic carbocycles. The van der Waals surface area contributed by atoms with Crippen molar-refractivity contribution >= 4 is 27.3 Å². The van der Waals surface area contributed by atoms with E-state index in [9.17, 15) is 17.6 Å². The van der Waals surface area contributed by atoms with Crippen molar-refractivity contribution in [3.8, 4) is 0 Å². The minimum Gasteiger partial charge on any atom is -0.334 e. The molecule has 3 rings (SSSR count). The third-order valence-corrected chi connectivity index (χ3v) is 7.29. The SMILES string of the molecule is C[C@H]1c2ccsc2CCN1C(=O)CN(C)S(=O)(=O)c1ccc(F)cc1. The van der Waals surface area contributed by atoms with Crippen LogP contribution in [0.2, 0.25) is 0 Å². The molecule has 134 valence electrons. The molecule has 5 nitrogen and oxygen atoms in total. The lowest BCUT2D eigenvalue weighted by atomic mass is 10.0.